The molecule has 0 spiro atoms. The summed E-state index contributed by atoms with van der Waals surface area (Å²) in [5.41, 5.74) is 3.20. The first kappa shape index (κ1) is 35.7. The van der Waals surface area contributed by atoms with Gasteiger partial charge in [0.15, 0.2) is 24.2 Å². The van der Waals surface area contributed by atoms with Gasteiger partial charge in [-0.25, -0.2) is 0 Å². The summed E-state index contributed by atoms with van der Waals surface area (Å²) in [6.07, 6.45) is -4.66. The molecule has 3 aromatic carbocycles. The summed E-state index contributed by atoms with van der Waals surface area (Å²) in [5, 5.41) is 0. The van der Waals surface area contributed by atoms with Gasteiger partial charge in [0, 0.05) is 5.92 Å². The Morgan fingerprint density at radius 2 is 1.20 bits per heavy atom. The number of rotatable bonds is 13. The summed E-state index contributed by atoms with van der Waals surface area (Å²) in [4.78, 5) is 0. The van der Waals surface area contributed by atoms with Crippen LogP contribution >= 0.6 is 0 Å². The van der Waals surface area contributed by atoms with Gasteiger partial charge in [0.05, 0.1) is 39.1 Å². The van der Waals surface area contributed by atoms with Crippen LogP contribution in [0.1, 0.15) is 51.3 Å². The molecule has 0 radical (unpaired) electrons. The zero-order chi connectivity index (χ0) is 34.7. The van der Waals surface area contributed by atoms with E-state index in [4.69, 9.17) is 47.4 Å². The van der Waals surface area contributed by atoms with Crippen molar-refractivity contribution in [2.75, 3.05) is 13.2 Å². The third kappa shape index (κ3) is 8.48. The lowest BCUT2D eigenvalue weighted by Crippen LogP contribution is -2.59. The van der Waals surface area contributed by atoms with Crippen LogP contribution in [0.3, 0.4) is 0 Å². The van der Waals surface area contributed by atoms with Crippen molar-refractivity contribution in [1.29, 1.82) is 0 Å². The van der Waals surface area contributed by atoms with Gasteiger partial charge in [-0.05, 0) is 44.4 Å². The normalized spacial score (nSPS) is 34.5. The molecule has 4 aliphatic heterocycles. The van der Waals surface area contributed by atoms with Crippen LogP contribution in [0.15, 0.2) is 91.0 Å². The van der Waals surface area contributed by atoms with Gasteiger partial charge in [0.25, 0.3) is 0 Å². The molecule has 0 aliphatic carbocycles. The number of hydrogen-bond acceptors (Lipinski definition) is 10. The molecular formula is C40H50O10. The van der Waals surface area contributed by atoms with Crippen LogP contribution in [0.2, 0.25) is 0 Å². The van der Waals surface area contributed by atoms with Crippen molar-refractivity contribution in [2.45, 2.75) is 121 Å². The van der Waals surface area contributed by atoms with Gasteiger partial charge in [-0.2, -0.15) is 0 Å². The van der Waals surface area contributed by atoms with Gasteiger partial charge < -0.3 is 47.4 Å². The summed E-state index contributed by atoms with van der Waals surface area (Å²) in [6.45, 7) is 11.5. The van der Waals surface area contributed by atoms with Crippen molar-refractivity contribution in [3.05, 3.63) is 108 Å². The van der Waals surface area contributed by atoms with Gasteiger partial charge >= 0.3 is 0 Å². The van der Waals surface area contributed by atoms with Crippen LogP contribution in [-0.4, -0.2) is 80.1 Å². The van der Waals surface area contributed by atoms with E-state index in [0.717, 1.165) is 16.7 Å². The second kappa shape index (κ2) is 15.5. The number of benzene rings is 3. The first-order valence-electron chi connectivity index (χ1n) is 17.7. The van der Waals surface area contributed by atoms with Gasteiger partial charge in [0.1, 0.15) is 36.6 Å². The van der Waals surface area contributed by atoms with E-state index >= 15 is 0 Å². The van der Waals surface area contributed by atoms with Gasteiger partial charge in [0.2, 0.25) is 0 Å². The van der Waals surface area contributed by atoms with E-state index in [-0.39, 0.29) is 18.6 Å². The van der Waals surface area contributed by atoms with E-state index < -0.39 is 60.8 Å². The number of hydrogen-bond donors (Lipinski definition) is 0. The molecule has 3 aromatic rings. The number of fused-ring (bicyclic) bond motifs is 1. The molecule has 7 rings (SSSR count). The lowest BCUT2D eigenvalue weighted by molar-refractivity contribution is -0.324. The Balaban J connectivity index is 1.16. The highest BCUT2D eigenvalue weighted by molar-refractivity contribution is 5.15. The maximum absolute atomic E-state index is 6.97. The van der Waals surface area contributed by atoms with Gasteiger partial charge in [-0.1, -0.05) is 97.9 Å². The quantitative estimate of drug-likeness (QED) is 0.208. The van der Waals surface area contributed by atoms with E-state index in [1.54, 1.807) is 0 Å². The van der Waals surface area contributed by atoms with Crippen LogP contribution in [0.4, 0.5) is 0 Å². The molecule has 4 fully saturated rings. The Labute approximate surface area is 295 Å². The average Bonchev–Trinajstić information content (AvgIpc) is 3.74. The molecule has 0 aromatic heterocycles. The minimum Gasteiger partial charge on any atom is -0.374 e. The largest absolute Gasteiger partial charge is 0.374 e. The zero-order valence-electron chi connectivity index (χ0n) is 29.6. The SMILES string of the molecule is CC1C(OC2C(C3COC(C)(C)O3)OC3OC(C)(C)O[C@H]32)OC(COCc2ccccc2)[C@H](OCc2ccccc2)[C@H]1OCc1ccccc1. The first-order valence-corrected chi connectivity index (χ1v) is 17.7. The third-order valence-corrected chi connectivity index (χ3v) is 9.63. The topological polar surface area (TPSA) is 92.3 Å². The molecule has 10 heteroatoms. The highest BCUT2D eigenvalue weighted by atomic mass is 16.9. The van der Waals surface area contributed by atoms with Crippen molar-refractivity contribution in [2.24, 2.45) is 5.92 Å². The van der Waals surface area contributed by atoms with Gasteiger partial charge in [-0.3, -0.25) is 0 Å². The van der Waals surface area contributed by atoms with E-state index in [1.165, 1.54) is 0 Å². The van der Waals surface area contributed by atoms with Gasteiger partial charge in [-0.15, -0.1) is 0 Å². The molecule has 10 nitrogen and oxygen atoms in total. The zero-order valence-corrected chi connectivity index (χ0v) is 29.6. The first-order chi connectivity index (χ1) is 24.1. The molecule has 0 N–H and O–H groups in total. The second-order valence-corrected chi connectivity index (χ2v) is 14.5. The lowest BCUT2D eigenvalue weighted by Gasteiger charge is -2.46. The van der Waals surface area contributed by atoms with Crippen molar-refractivity contribution >= 4 is 0 Å². The maximum Gasteiger partial charge on any atom is 0.190 e. The Bertz CT molecular complexity index is 1490. The van der Waals surface area contributed by atoms with E-state index in [0.29, 0.717) is 26.4 Å². The molecular weight excluding hydrogens is 640 g/mol. The standard InChI is InChI=1S/C40H50O10/c1-26-32(42-22-28-17-11-7-12-18-28)33(43-23-29-19-13-8-14-20-29)30(24-41-21-27-15-9-6-10-16-27)45-37(26)47-35-34(31-25-44-39(2,3)48-31)46-38-36(35)49-40(4,5)50-38/h6-20,26,30-38H,21-25H2,1-5H3/t26?,30?,31?,32-,33-,34?,35?,36-,37?,38?/m0/s1. The Morgan fingerprint density at radius 3 is 1.78 bits per heavy atom. The minimum atomic E-state index is -0.835. The second-order valence-electron chi connectivity index (χ2n) is 14.5. The van der Waals surface area contributed by atoms with Crippen molar-refractivity contribution < 1.29 is 47.4 Å². The van der Waals surface area contributed by atoms with Crippen molar-refractivity contribution in [3.63, 3.8) is 0 Å². The Kier molecular flexibility index (Phi) is 11.0. The van der Waals surface area contributed by atoms with Crippen LogP contribution in [0, 0.1) is 5.92 Å². The Morgan fingerprint density at radius 1 is 0.620 bits per heavy atom. The summed E-state index contributed by atoms with van der Waals surface area (Å²) >= 11 is 0. The highest BCUT2D eigenvalue weighted by Gasteiger charge is 2.60. The lowest BCUT2D eigenvalue weighted by atomic mass is 9.91. The molecule has 4 saturated heterocycles. The fourth-order valence-corrected chi connectivity index (χ4v) is 7.17. The fourth-order valence-electron chi connectivity index (χ4n) is 7.17. The van der Waals surface area contributed by atoms with Crippen LogP contribution in [-0.2, 0) is 67.2 Å². The molecule has 10 atom stereocenters. The molecule has 0 amide bonds. The van der Waals surface area contributed by atoms with E-state index in [2.05, 4.69) is 31.2 Å². The average molecular weight is 691 g/mol. The molecule has 0 bridgehead atoms. The highest BCUT2D eigenvalue weighted by Crippen LogP contribution is 2.44. The third-order valence-electron chi connectivity index (χ3n) is 9.63. The van der Waals surface area contributed by atoms with Crippen LogP contribution < -0.4 is 0 Å². The van der Waals surface area contributed by atoms with Crippen molar-refractivity contribution in [3.8, 4) is 0 Å². The minimum absolute atomic E-state index is 0.253. The Hall–Kier alpha value is -2.74. The van der Waals surface area contributed by atoms with E-state index in [9.17, 15) is 0 Å². The number of ether oxygens (including phenoxy) is 10. The molecule has 0 saturated carbocycles. The van der Waals surface area contributed by atoms with Crippen LogP contribution in [0.5, 0.6) is 0 Å². The smallest absolute Gasteiger partial charge is 0.190 e. The molecule has 270 valence electrons. The summed E-state index contributed by atoms with van der Waals surface area (Å²) in [5.74, 6) is -1.83. The van der Waals surface area contributed by atoms with E-state index in [1.807, 2.05) is 94.4 Å². The summed E-state index contributed by atoms with van der Waals surface area (Å²) < 4.78 is 64.8. The molecule has 4 heterocycles. The maximum atomic E-state index is 6.97. The predicted molar refractivity (Wildman–Crippen MR) is 182 cm³/mol. The van der Waals surface area contributed by atoms with Crippen molar-refractivity contribution in [1.82, 2.24) is 0 Å². The molecule has 50 heavy (non-hydrogen) atoms. The van der Waals surface area contributed by atoms with Crippen LogP contribution in [0.25, 0.3) is 0 Å². The summed E-state index contributed by atoms with van der Waals surface area (Å²) in [6, 6.07) is 30.4. The molecule has 7 unspecified atom stereocenters. The summed E-state index contributed by atoms with van der Waals surface area (Å²) in [7, 11) is 0. The monoisotopic (exact) mass is 690 g/mol. The molecule has 4 aliphatic rings. The fraction of sp³-hybridized carbons (Fsp3) is 0.550. The predicted octanol–water partition coefficient (Wildman–Crippen LogP) is 6.15.